The maximum absolute atomic E-state index is 10.9. The van der Waals surface area contributed by atoms with E-state index in [9.17, 15) is 15.2 Å². The van der Waals surface area contributed by atoms with Crippen LogP contribution in [0.4, 0.5) is 5.69 Å². The summed E-state index contributed by atoms with van der Waals surface area (Å²) in [6.45, 7) is 4.29. The fourth-order valence-electron chi connectivity index (χ4n) is 2.47. The van der Waals surface area contributed by atoms with Crippen molar-refractivity contribution in [2.24, 2.45) is 0 Å². The highest BCUT2D eigenvalue weighted by molar-refractivity contribution is 5.43. The molecule has 0 radical (unpaired) electrons. The van der Waals surface area contributed by atoms with Crippen LogP contribution in [0, 0.1) is 10.1 Å². The van der Waals surface area contributed by atoms with E-state index in [1.807, 2.05) is 6.92 Å². The summed E-state index contributed by atoms with van der Waals surface area (Å²) in [5.41, 5.74) is -0.0261. The highest BCUT2D eigenvalue weighted by Gasteiger charge is 2.29. The Kier molecular flexibility index (Phi) is 5.70. The van der Waals surface area contributed by atoms with Crippen molar-refractivity contribution in [2.45, 2.75) is 31.9 Å². The number of nitrogens with one attached hydrogen (secondary N) is 1. The van der Waals surface area contributed by atoms with Crippen molar-refractivity contribution in [1.82, 2.24) is 5.32 Å². The molecule has 7 heteroatoms. The van der Waals surface area contributed by atoms with Crippen LogP contribution in [0.5, 0.6) is 5.75 Å². The zero-order valence-corrected chi connectivity index (χ0v) is 12.7. The van der Waals surface area contributed by atoms with Crippen molar-refractivity contribution < 1.29 is 19.5 Å². The molecule has 1 aliphatic heterocycles. The standard InChI is InChI=1S/C15H22N2O5/c1-2-22-14-4-3-13(17(19)20)9-12(14)10-16-11-15(18)5-7-21-8-6-15/h3-4,9,16,18H,2,5-8,10-11H2,1H3. The first-order chi connectivity index (χ1) is 10.5. The van der Waals surface area contributed by atoms with Gasteiger partial charge in [-0.1, -0.05) is 0 Å². The quantitative estimate of drug-likeness (QED) is 0.587. The number of ether oxygens (including phenoxy) is 2. The minimum Gasteiger partial charge on any atom is -0.494 e. The van der Waals surface area contributed by atoms with Crippen molar-refractivity contribution in [3.05, 3.63) is 33.9 Å². The number of non-ortho nitro benzene ring substituents is 1. The number of aliphatic hydroxyl groups is 1. The van der Waals surface area contributed by atoms with Gasteiger partial charge in [-0.2, -0.15) is 0 Å². The van der Waals surface area contributed by atoms with Gasteiger partial charge >= 0.3 is 0 Å². The summed E-state index contributed by atoms with van der Waals surface area (Å²) in [6.07, 6.45) is 1.18. The molecule has 7 nitrogen and oxygen atoms in total. The summed E-state index contributed by atoms with van der Waals surface area (Å²) in [4.78, 5) is 10.5. The third-order valence-corrected chi connectivity index (χ3v) is 3.75. The molecule has 1 fully saturated rings. The average molecular weight is 310 g/mol. The molecule has 2 rings (SSSR count). The summed E-state index contributed by atoms with van der Waals surface area (Å²) in [6, 6.07) is 4.55. The lowest BCUT2D eigenvalue weighted by atomic mass is 9.94. The van der Waals surface area contributed by atoms with E-state index < -0.39 is 10.5 Å². The van der Waals surface area contributed by atoms with Crippen LogP contribution in [0.25, 0.3) is 0 Å². The van der Waals surface area contributed by atoms with E-state index in [1.54, 1.807) is 6.07 Å². The minimum atomic E-state index is -0.773. The van der Waals surface area contributed by atoms with Crippen LogP contribution < -0.4 is 10.1 Å². The zero-order chi connectivity index (χ0) is 16.0. The van der Waals surface area contributed by atoms with E-state index in [1.165, 1.54) is 12.1 Å². The number of benzene rings is 1. The summed E-state index contributed by atoms with van der Waals surface area (Å²) in [5, 5.41) is 24.4. The molecule has 0 aliphatic carbocycles. The maximum Gasteiger partial charge on any atom is 0.270 e. The smallest absolute Gasteiger partial charge is 0.270 e. The topological polar surface area (TPSA) is 93.9 Å². The minimum absolute atomic E-state index is 0.0324. The Labute approximate surface area is 129 Å². The molecular formula is C15H22N2O5. The first-order valence-corrected chi connectivity index (χ1v) is 7.45. The third kappa shape index (κ3) is 4.40. The Morgan fingerprint density at radius 2 is 2.18 bits per heavy atom. The average Bonchev–Trinajstić information content (AvgIpc) is 2.49. The molecule has 0 bridgehead atoms. The molecule has 1 saturated heterocycles. The lowest BCUT2D eigenvalue weighted by Gasteiger charge is -2.32. The van der Waals surface area contributed by atoms with Crippen LogP contribution in [0.3, 0.4) is 0 Å². The van der Waals surface area contributed by atoms with Gasteiger partial charge < -0.3 is 19.9 Å². The summed E-state index contributed by atoms with van der Waals surface area (Å²) < 4.78 is 10.7. The molecule has 1 heterocycles. The van der Waals surface area contributed by atoms with Crippen molar-refractivity contribution in [2.75, 3.05) is 26.4 Å². The van der Waals surface area contributed by atoms with Gasteiger partial charge in [0.2, 0.25) is 0 Å². The van der Waals surface area contributed by atoms with Gasteiger partial charge in [0.1, 0.15) is 5.75 Å². The highest BCUT2D eigenvalue weighted by atomic mass is 16.6. The summed E-state index contributed by atoms with van der Waals surface area (Å²) in [5.74, 6) is 0.625. The van der Waals surface area contributed by atoms with Crippen LogP contribution in [0.15, 0.2) is 18.2 Å². The van der Waals surface area contributed by atoms with Crippen LogP contribution >= 0.6 is 0 Å². The van der Waals surface area contributed by atoms with Crippen LogP contribution in [0.1, 0.15) is 25.3 Å². The highest BCUT2D eigenvalue weighted by Crippen LogP contribution is 2.25. The number of rotatable bonds is 7. The number of nitro benzene ring substituents is 1. The molecule has 0 unspecified atom stereocenters. The predicted molar refractivity (Wildman–Crippen MR) is 81.0 cm³/mol. The van der Waals surface area contributed by atoms with Gasteiger partial charge in [0.05, 0.1) is 17.1 Å². The Balaban J connectivity index is 2.00. The van der Waals surface area contributed by atoms with Gasteiger partial charge in [0.15, 0.2) is 0 Å². The second-order valence-electron chi connectivity index (χ2n) is 5.42. The van der Waals surface area contributed by atoms with Gasteiger partial charge in [-0.05, 0) is 13.0 Å². The Bertz CT molecular complexity index is 515. The summed E-state index contributed by atoms with van der Waals surface area (Å²) in [7, 11) is 0. The van der Waals surface area contributed by atoms with Gasteiger partial charge in [0, 0.05) is 56.8 Å². The molecule has 122 valence electrons. The molecule has 22 heavy (non-hydrogen) atoms. The van der Waals surface area contributed by atoms with E-state index in [-0.39, 0.29) is 5.69 Å². The van der Waals surface area contributed by atoms with E-state index in [0.29, 0.717) is 57.1 Å². The molecule has 1 aromatic carbocycles. The molecular weight excluding hydrogens is 288 g/mol. The van der Waals surface area contributed by atoms with Crippen LogP contribution in [-0.4, -0.2) is 42.0 Å². The SMILES string of the molecule is CCOc1ccc([N+](=O)[O-])cc1CNCC1(O)CCOCC1. The van der Waals surface area contributed by atoms with E-state index in [4.69, 9.17) is 9.47 Å². The van der Waals surface area contributed by atoms with E-state index in [0.717, 1.165) is 0 Å². The molecule has 0 amide bonds. The first-order valence-electron chi connectivity index (χ1n) is 7.45. The Morgan fingerprint density at radius 1 is 1.45 bits per heavy atom. The first kappa shape index (κ1) is 16.7. The molecule has 0 aromatic heterocycles. The van der Waals surface area contributed by atoms with Crippen molar-refractivity contribution in [3.63, 3.8) is 0 Å². The Morgan fingerprint density at radius 3 is 2.82 bits per heavy atom. The fourth-order valence-corrected chi connectivity index (χ4v) is 2.47. The van der Waals surface area contributed by atoms with Crippen molar-refractivity contribution in [1.29, 1.82) is 0 Å². The molecule has 1 aromatic rings. The zero-order valence-electron chi connectivity index (χ0n) is 12.7. The van der Waals surface area contributed by atoms with Gasteiger partial charge in [-0.3, -0.25) is 10.1 Å². The number of nitrogens with zero attached hydrogens (tertiary/aromatic N) is 1. The third-order valence-electron chi connectivity index (χ3n) is 3.75. The van der Waals surface area contributed by atoms with Crippen LogP contribution in [0.2, 0.25) is 0 Å². The molecule has 0 atom stereocenters. The largest absolute Gasteiger partial charge is 0.494 e. The Hall–Kier alpha value is -1.70. The normalized spacial score (nSPS) is 17.2. The monoisotopic (exact) mass is 310 g/mol. The second-order valence-corrected chi connectivity index (χ2v) is 5.42. The molecule has 0 spiro atoms. The van der Waals surface area contributed by atoms with Gasteiger partial charge in [-0.15, -0.1) is 0 Å². The van der Waals surface area contributed by atoms with Crippen LogP contribution in [-0.2, 0) is 11.3 Å². The summed E-state index contributed by atoms with van der Waals surface area (Å²) >= 11 is 0. The van der Waals surface area contributed by atoms with Gasteiger partial charge in [0.25, 0.3) is 5.69 Å². The number of nitro groups is 1. The molecule has 0 saturated carbocycles. The second kappa shape index (κ2) is 7.53. The van der Waals surface area contributed by atoms with Gasteiger partial charge in [-0.25, -0.2) is 0 Å². The van der Waals surface area contributed by atoms with Crippen molar-refractivity contribution in [3.8, 4) is 5.75 Å². The molecule has 2 N–H and O–H groups in total. The molecule has 1 aliphatic rings. The predicted octanol–water partition coefficient (Wildman–Crippen LogP) is 1.62. The van der Waals surface area contributed by atoms with Crippen molar-refractivity contribution >= 4 is 5.69 Å². The number of hydrogen-bond donors (Lipinski definition) is 2. The number of hydrogen-bond acceptors (Lipinski definition) is 6. The lowest BCUT2D eigenvalue weighted by molar-refractivity contribution is -0.384. The maximum atomic E-state index is 10.9. The van der Waals surface area contributed by atoms with E-state index >= 15 is 0 Å². The van der Waals surface area contributed by atoms with E-state index in [2.05, 4.69) is 5.32 Å². The lowest BCUT2D eigenvalue weighted by Crippen LogP contribution is -2.44. The fraction of sp³-hybridized carbons (Fsp3) is 0.600.